The lowest BCUT2D eigenvalue weighted by atomic mass is 10.0. The molecule has 3 rings (SSSR count). The molecule has 0 aliphatic carbocycles. The van der Waals surface area contributed by atoms with Gasteiger partial charge in [0, 0.05) is 11.6 Å². The van der Waals surface area contributed by atoms with Crippen LogP contribution in [0.25, 0.3) is 0 Å². The summed E-state index contributed by atoms with van der Waals surface area (Å²) in [6, 6.07) is 7.98. The van der Waals surface area contributed by atoms with Crippen LogP contribution in [0.15, 0.2) is 42.5 Å². The molecule has 0 aromatic heterocycles. The number of fused-ring (bicyclic) bond motifs is 1. The van der Waals surface area contributed by atoms with Crippen LogP contribution in [-0.4, -0.2) is 39.1 Å². The highest BCUT2D eigenvalue weighted by Crippen LogP contribution is 2.36. The van der Waals surface area contributed by atoms with E-state index in [1.807, 2.05) is 0 Å². The molecule has 8 nitrogen and oxygen atoms in total. The van der Waals surface area contributed by atoms with Crippen LogP contribution in [0, 0.1) is 15.9 Å². The second kappa shape index (κ2) is 8.18. The highest BCUT2D eigenvalue weighted by Gasteiger charge is 2.46. The van der Waals surface area contributed by atoms with Gasteiger partial charge in [-0.1, -0.05) is 34.1 Å². The van der Waals surface area contributed by atoms with Gasteiger partial charge in [-0.25, -0.2) is 0 Å². The molecule has 0 fully saturated rings. The Labute approximate surface area is 185 Å². The van der Waals surface area contributed by atoms with Gasteiger partial charge in [-0.15, -0.1) is 0 Å². The van der Waals surface area contributed by atoms with Crippen molar-refractivity contribution >= 4 is 39.3 Å². The summed E-state index contributed by atoms with van der Waals surface area (Å²) in [6.07, 6.45) is 0. The maximum Gasteiger partial charge on any atom is 0.304 e. The van der Waals surface area contributed by atoms with Crippen LogP contribution in [0.3, 0.4) is 0 Å². The molecule has 10 heteroatoms. The molecule has 162 valence electrons. The van der Waals surface area contributed by atoms with Crippen molar-refractivity contribution in [3.05, 3.63) is 75.1 Å². The number of imide groups is 1. The summed E-state index contributed by atoms with van der Waals surface area (Å²) >= 11 is 3.32. The molecule has 0 spiro atoms. The predicted octanol–water partition coefficient (Wildman–Crippen LogP) is 3.75. The Morgan fingerprint density at radius 2 is 1.68 bits per heavy atom. The number of alkyl halides is 1. The SMILES string of the molecule is CC(C)(C)NC(=O)[C@H](C(Br)c1ccc([N+](=O)[O-])c(F)c1)N1C(=O)c2ccccc2C1=O. The molecular weight excluding hydrogens is 473 g/mol. The average Bonchev–Trinajstić information content (AvgIpc) is 2.92. The Hall–Kier alpha value is -3.14. The van der Waals surface area contributed by atoms with Crippen LogP contribution in [0.2, 0.25) is 0 Å². The van der Waals surface area contributed by atoms with E-state index < -0.39 is 50.6 Å². The fraction of sp³-hybridized carbons (Fsp3) is 0.286. The zero-order chi connectivity index (χ0) is 23.1. The van der Waals surface area contributed by atoms with Gasteiger partial charge in [0.25, 0.3) is 11.8 Å². The molecule has 2 aromatic carbocycles. The largest absolute Gasteiger partial charge is 0.350 e. The number of halogens is 2. The molecule has 0 saturated carbocycles. The summed E-state index contributed by atoms with van der Waals surface area (Å²) in [6.45, 7) is 5.21. The Kier molecular flexibility index (Phi) is 5.95. The average molecular weight is 492 g/mol. The minimum absolute atomic E-state index is 0.161. The van der Waals surface area contributed by atoms with Gasteiger partial charge in [0.1, 0.15) is 6.04 Å². The van der Waals surface area contributed by atoms with Crippen LogP contribution < -0.4 is 5.32 Å². The topological polar surface area (TPSA) is 110 Å². The van der Waals surface area contributed by atoms with Crippen LogP contribution >= 0.6 is 15.9 Å². The normalized spacial score (nSPS) is 15.5. The summed E-state index contributed by atoms with van der Waals surface area (Å²) in [7, 11) is 0. The van der Waals surface area contributed by atoms with E-state index in [1.54, 1.807) is 32.9 Å². The third-order valence-corrected chi connectivity index (χ3v) is 5.66. The molecule has 2 atom stereocenters. The Balaban J connectivity index is 2.07. The van der Waals surface area contributed by atoms with E-state index in [4.69, 9.17) is 0 Å². The number of hydrogen-bond acceptors (Lipinski definition) is 5. The number of carbonyl (C=O) groups is 3. The maximum absolute atomic E-state index is 14.2. The lowest BCUT2D eigenvalue weighted by Gasteiger charge is -2.32. The van der Waals surface area contributed by atoms with Crippen LogP contribution in [0.1, 0.15) is 51.9 Å². The summed E-state index contributed by atoms with van der Waals surface area (Å²) in [5.74, 6) is -3.03. The standard InChI is InChI=1S/C21H19BrFN3O5/c1-21(2,3)24-18(27)17(16(22)11-8-9-15(26(30)31)14(23)10-11)25-19(28)12-6-4-5-7-13(12)20(25)29/h4-10,16-17H,1-3H3,(H,24,27)/t16?,17-/m0/s1. The number of rotatable bonds is 5. The fourth-order valence-corrected chi connectivity index (χ4v) is 4.07. The number of nitrogens with zero attached hydrogens (tertiary/aromatic N) is 2. The lowest BCUT2D eigenvalue weighted by Crippen LogP contribution is -2.55. The number of hydrogen-bond donors (Lipinski definition) is 1. The maximum atomic E-state index is 14.2. The number of nitro benzene ring substituents is 1. The van der Waals surface area contributed by atoms with E-state index in [1.165, 1.54) is 18.2 Å². The lowest BCUT2D eigenvalue weighted by molar-refractivity contribution is -0.387. The van der Waals surface area contributed by atoms with Crippen molar-refractivity contribution in [2.75, 3.05) is 0 Å². The van der Waals surface area contributed by atoms with Crippen molar-refractivity contribution in [1.82, 2.24) is 10.2 Å². The van der Waals surface area contributed by atoms with Gasteiger partial charge in [-0.05, 0) is 44.5 Å². The molecule has 2 aromatic rings. The molecule has 1 heterocycles. The molecule has 31 heavy (non-hydrogen) atoms. The van der Waals surface area contributed by atoms with E-state index >= 15 is 0 Å². The van der Waals surface area contributed by atoms with Crippen molar-refractivity contribution in [2.45, 2.75) is 37.2 Å². The van der Waals surface area contributed by atoms with Crippen molar-refractivity contribution in [1.29, 1.82) is 0 Å². The van der Waals surface area contributed by atoms with Gasteiger partial charge >= 0.3 is 5.69 Å². The molecule has 1 N–H and O–H groups in total. The second-order valence-corrected chi connectivity index (χ2v) is 9.07. The van der Waals surface area contributed by atoms with Gasteiger partial charge in [0.05, 0.1) is 20.9 Å². The monoisotopic (exact) mass is 491 g/mol. The molecule has 1 aliphatic heterocycles. The first-order valence-electron chi connectivity index (χ1n) is 9.29. The smallest absolute Gasteiger partial charge is 0.304 e. The van der Waals surface area contributed by atoms with Gasteiger partial charge in [-0.2, -0.15) is 4.39 Å². The molecule has 1 unspecified atom stereocenters. The van der Waals surface area contributed by atoms with Gasteiger partial charge in [0.15, 0.2) is 0 Å². The zero-order valence-corrected chi connectivity index (χ0v) is 18.5. The summed E-state index contributed by atoms with van der Waals surface area (Å²) in [5.41, 5.74) is -0.915. The van der Waals surface area contributed by atoms with E-state index in [-0.39, 0.29) is 16.7 Å². The minimum atomic E-state index is -1.37. The number of carbonyl (C=O) groups excluding carboxylic acids is 3. The van der Waals surface area contributed by atoms with Crippen molar-refractivity contribution in [3.8, 4) is 0 Å². The quantitative estimate of drug-likeness (QED) is 0.296. The number of benzene rings is 2. The highest BCUT2D eigenvalue weighted by atomic mass is 79.9. The summed E-state index contributed by atoms with van der Waals surface area (Å²) in [5, 5.41) is 13.7. The summed E-state index contributed by atoms with van der Waals surface area (Å²) in [4.78, 5) is 49.1. The molecule has 0 bridgehead atoms. The van der Waals surface area contributed by atoms with E-state index in [0.29, 0.717) is 0 Å². The molecule has 3 amide bonds. The third kappa shape index (κ3) is 4.34. The number of nitro groups is 1. The first-order chi connectivity index (χ1) is 14.4. The van der Waals surface area contributed by atoms with Crippen molar-refractivity contribution < 1.29 is 23.7 Å². The molecule has 1 aliphatic rings. The molecule has 0 radical (unpaired) electrons. The highest BCUT2D eigenvalue weighted by molar-refractivity contribution is 9.09. The van der Waals surface area contributed by atoms with Crippen LogP contribution in [-0.2, 0) is 4.79 Å². The first-order valence-corrected chi connectivity index (χ1v) is 10.2. The van der Waals surface area contributed by atoms with E-state index in [2.05, 4.69) is 21.2 Å². The van der Waals surface area contributed by atoms with Crippen LogP contribution in [0.5, 0.6) is 0 Å². The van der Waals surface area contributed by atoms with E-state index in [0.717, 1.165) is 17.0 Å². The van der Waals surface area contributed by atoms with E-state index in [9.17, 15) is 28.9 Å². The summed E-state index contributed by atoms with van der Waals surface area (Å²) < 4.78 is 14.2. The van der Waals surface area contributed by atoms with Crippen molar-refractivity contribution in [3.63, 3.8) is 0 Å². The molecule has 0 saturated heterocycles. The van der Waals surface area contributed by atoms with Crippen molar-refractivity contribution in [2.24, 2.45) is 0 Å². The fourth-order valence-electron chi connectivity index (χ4n) is 3.31. The van der Waals surface area contributed by atoms with Gasteiger partial charge in [0.2, 0.25) is 11.7 Å². The first kappa shape index (κ1) is 22.5. The second-order valence-electron chi connectivity index (χ2n) is 8.08. The third-order valence-electron chi connectivity index (χ3n) is 4.63. The van der Waals surface area contributed by atoms with Gasteiger partial charge < -0.3 is 5.32 Å². The Bertz CT molecular complexity index is 1060. The predicted molar refractivity (Wildman–Crippen MR) is 113 cm³/mol. The zero-order valence-electron chi connectivity index (χ0n) is 16.9. The minimum Gasteiger partial charge on any atom is -0.350 e. The van der Waals surface area contributed by atoms with Crippen LogP contribution in [0.4, 0.5) is 10.1 Å². The van der Waals surface area contributed by atoms with Gasteiger partial charge in [-0.3, -0.25) is 29.4 Å². The Morgan fingerprint density at radius 3 is 2.13 bits per heavy atom. The number of amides is 3. The molecular formula is C21H19BrFN3O5. The number of nitrogens with one attached hydrogen (secondary N) is 1. The Morgan fingerprint density at radius 1 is 1.13 bits per heavy atom.